The number of likely N-dealkylation sites (tertiary alicyclic amines) is 1. The Bertz CT molecular complexity index is 388. The Hall–Kier alpha value is -1.36. The van der Waals surface area contributed by atoms with Crippen LogP contribution in [0, 0.1) is 0 Å². The van der Waals surface area contributed by atoms with E-state index in [1.54, 1.807) is 17.1 Å². The molecule has 0 bridgehead atoms. The maximum Gasteiger partial charge on any atom is 0.257 e. The van der Waals surface area contributed by atoms with Crippen LogP contribution >= 0.6 is 0 Å². The van der Waals surface area contributed by atoms with E-state index in [1.807, 2.05) is 11.9 Å². The van der Waals surface area contributed by atoms with Crippen LogP contribution in [0.3, 0.4) is 0 Å². The highest BCUT2D eigenvalue weighted by atomic mass is 16.2. The minimum atomic E-state index is 0.0652. The number of nitrogens with zero attached hydrogens (tertiary/aromatic N) is 3. The van der Waals surface area contributed by atoms with Crippen molar-refractivity contribution in [2.75, 3.05) is 13.1 Å². The summed E-state index contributed by atoms with van der Waals surface area (Å²) in [5.74, 6) is 0.0652. The van der Waals surface area contributed by atoms with Gasteiger partial charge in [0.15, 0.2) is 0 Å². The summed E-state index contributed by atoms with van der Waals surface area (Å²) in [6, 6.07) is 0.185. The number of aryl methyl sites for hydroxylation is 1. The van der Waals surface area contributed by atoms with Crippen molar-refractivity contribution < 1.29 is 4.79 Å². The van der Waals surface area contributed by atoms with Crippen molar-refractivity contribution >= 4 is 5.91 Å². The fraction of sp³-hybridized carbons (Fsp3) is 0.667. The highest BCUT2D eigenvalue weighted by Gasteiger charge is 2.25. The summed E-state index contributed by atoms with van der Waals surface area (Å²) in [6.07, 6.45) is 7.83. The van der Waals surface area contributed by atoms with E-state index in [0.29, 0.717) is 12.1 Å². The zero-order chi connectivity index (χ0) is 12.3. The van der Waals surface area contributed by atoms with E-state index < -0.39 is 0 Å². The molecular weight excluding hydrogens is 216 g/mol. The van der Waals surface area contributed by atoms with Crippen LogP contribution in [0.5, 0.6) is 0 Å². The number of amides is 1. The predicted octanol–water partition coefficient (Wildman–Crippen LogP) is 0.764. The molecule has 2 N–H and O–H groups in total. The van der Waals surface area contributed by atoms with Gasteiger partial charge in [0, 0.05) is 32.4 Å². The van der Waals surface area contributed by atoms with Crippen molar-refractivity contribution in [3.63, 3.8) is 0 Å². The first-order valence-corrected chi connectivity index (χ1v) is 6.22. The quantitative estimate of drug-likeness (QED) is 0.824. The zero-order valence-electron chi connectivity index (χ0n) is 10.3. The lowest BCUT2D eigenvalue weighted by Gasteiger charge is -2.28. The highest BCUT2D eigenvalue weighted by molar-refractivity contribution is 5.94. The average molecular weight is 236 g/mol. The minimum Gasteiger partial charge on any atom is -0.334 e. The van der Waals surface area contributed by atoms with Crippen LogP contribution in [-0.2, 0) is 7.05 Å². The second kappa shape index (κ2) is 5.31. The molecular formula is C12H20N4O. The Morgan fingerprint density at radius 1 is 1.53 bits per heavy atom. The smallest absolute Gasteiger partial charge is 0.257 e. The largest absolute Gasteiger partial charge is 0.334 e. The molecule has 0 aliphatic carbocycles. The number of carbonyl (C=O) groups excluding carboxylic acids is 1. The Balaban J connectivity index is 2.15. The van der Waals surface area contributed by atoms with E-state index in [4.69, 9.17) is 5.73 Å². The molecule has 0 radical (unpaired) electrons. The summed E-state index contributed by atoms with van der Waals surface area (Å²) in [7, 11) is 1.82. The standard InChI is InChI=1S/C12H20N4O/c1-15-9-10(8-14-15)12(17)16-6-4-2-3-5-11(16)7-13/h8-9,11H,2-7,13H2,1H3. The van der Waals surface area contributed by atoms with Crippen LogP contribution in [-0.4, -0.2) is 39.7 Å². The van der Waals surface area contributed by atoms with Crippen LogP contribution in [0.25, 0.3) is 0 Å². The third-order valence-corrected chi connectivity index (χ3v) is 3.36. The van der Waals surface area contributed by atoms with Crippen LogP contribution < -0.4 is 5.73 Å². The molecule has 17 heavy (non-hydrogen) atoms. The molecule has 1 fully saturated rings. The Morgan fingerprint density at radius 3 is 3.00 bits per heavy atom. The molecule has 1 aliphatic rings. The van der Waals surface area contributed by atoms with E-state index in [2.05, 4.69) is 5.10 Å². The summed E-state index contributed by atoms with van der Waals surface area (Å²) in [4.78, 5) is 14.3. The van der Waals surface area contributed by atoms with Crippen molar-refractivity contribution in [2.45, 2.75) is 31.7 Å². The van der Waals surface area contributed by atoms with Gasteiger partial charge in [0.25, 0.3) is 5.91 Å². The summed E-state index contributed by atoms with van der Waals surface area (Å²) in [5, 5.41) is 4.04. The van der Waals surface area contributed by atoms with Gasteiger partial charge in [-0.15, -0.1) is 0 Å². The van der Waals surface area contributed by atoms with Crippen LogP contribution in [0.1, 0.15) is 36.0 Å². The molecule has 2 rings (SSSR count). The van der Waals surface area contributed by atoms with Gasteiger partial charge >= 0.3 is 0 Å². The first-order chi connectivity index (χ1) is 8.22. The average Bonchev–Trinajstić information content (AvgIpc) is 2.64. The molecule has 1 unspecified atom stereocenters. The lowest BCUT2D eigenvalue weighted by Crippen LogP contribution is -2.44. The van der Waals surface area contributed by atoms with Gasteiger partial charge in [-0.05, 0) is 12.8 Å². The molecule has 1 atom stereocenters. The van der Waals surface area contributed by atoms with Gasteiger partial charge in [0.05, 0.1) is 11.8 Å². The Labute approximate surface area is 102 Å². The van der Waals surface area contributed by atoms with Gasteiger partial charge in [-0.1, -0.05) is 12.8 Å². The molecule has 1 amide bonds. The topological polar surface area (TPSA) is 64.2 Å². The second-order valence-corrected chi connectivity index (χ2v) is 4.64. The van der Waals surface area contributed by atoms with Gasteiger partial charge in [0.1, 0.15) is 0 Å². The lowest BCUT2D eigenvalue weighted by molar-refractivity contribution is 0.0689. The normalized spacial score (nSPS) is 21.3. The maximum absolute atomic E-state index is 12.4. The molecule has 0 saturated carbocycles. The summed E-state index contributed by atoms with van der Waals surface area (Å²) < 4.78 is 1.66. The van der Waals surface area contributed by atoms with Crippen LogP contribution in [0.4, 0.5) is 0 Å². The van der Waals surface area contributed by atoms with Crippen molar-refractivity contribution in [3.05, 3.63) is 18.0 Å². The van der Waals surface area contributed by atoms with Crippen molar-refractivity contribution in [1.82, 2.24) is 14.7 Å². The number of hydrogen-bond donors (Lipinski definition) is 1. The van der Waals surface area contributed by atoms with Crippen LogP contribution in [0.15, 0.2) is 12.4 Å². The molecule has 2 heterocycles. The number of carbonyl (C=O) groups is 1. The molecule has 5 heteroatoms. The number of rotatable bonds is 2. The third-order valence-electron chi connectivity index (χ3n) is 3.36. The molecule has 1 aliphatic heterocycles. The first kappa shape index (κ1) is 12.1. The van der Waals surface area contributed by atoms with E-state index in [-0.39, 0.29) is 11.9 Å². The number of aromatic nitrogens is 2. The van der Waals surface area contributed by atoms with E-state index in [9.17, 15) is 4.79 Å². The fourth-order valence-electron chi connectivity index (χ4n) is 2.39. The predicted molar refractivity (Wildman–Crippen MR) is 65.6 cm³/mol. The summed E-state index contributed by atoms with van der Waals surface area (Å²) in [5.41, 5.74) is 6.43. The number of nitrogens with two attached hydrogens (primary N) is 1. The van der Waals surface area contributed by atoms with E-state index in [0.717, 1.165) is 19.4 Å². The Morgan fingerprint density at radius 2 is 2.35 bits per heavy atom. The molecule has 1 aromatic heterocycles. The van der Waals surface area contributed by atoms with Crippen molar-refractivity contribution in [2.24, 2.45) is 12.8 Å². The molecule has 5 nitrogen and oxygen atoms in total. The molecule has 0 aromatic carbocycles. The van der Waals surface area contributed by atoms with Gasteiger partial charge in [0.2, 0.25) is 0 Å². The number of hydrogen-bond acceptors (Lipinski definition) is 3. The van der Waals surface area contributed by atoms with Crippen LogP contribution in [0.2, 0.25) is 0 Å². The van der Waals surface area contributed by atoms with Gasteiger partial charge in [-0.3, -0.25) is 9.48 Å². The van der Waals surface area contributed by atoms with E-state index in [1.165, 1.54) is 12.8 Å². The fourth-order valence-corrected chi connectivity index (χ4v) is 2.39. The third kappa shape index (κ3) is 2.66. The van der Waals surface area contributed by atoms with Gasteiger partial charge in [-0.25, -0.2) is 0 Å². The summed E-state index contributed by atoms with van der Waals surface area (Å²) in [6.45, 7) is 1.36. The summed E-state index contributed by atoms with van der Waals surface area (Å²) >= 11 is 0. The second-order valence-electron chi connectivity index (χ2n) is 4.64. The molecule has 1 aromatic rings. The zero-order valence-corrected chi connectivity index (χ0v) is 10.3. The van der Waals surface area contributed by atoms with Crippen molar-refractivity contribution in [1.29, 1.82) is 0 Å². The van der Waals surface area contributed by atoms with Gasteiger partial charge in [-0.2, -0.15) is 5.10 Å². The Kier molecular flexibility index (Phi) is 3.78. The lowest BCUT2D eigenvalue weighted by atomic mass is 10.1. The van der Waals surface area contributed by atoms with E-state index >= 15 is 0 Å². The molecule has 94 valence electrons. The highest BCUT2D eigenvalue weighted by Crippen LogP contribution is 2.18. The maximum atomic E-state index is 12.4. The minimum absolute atomic E-state index is 0.0652. The van der Waals surface area contributed by atoms with Crippen molar-refractivity contribution in [3.8, 4) is 0 Å². The molecule has 0 spiro atoms. The monoisotopic (exact) mass is 236 g/mol. The molecule has 1 saturated heterocycles. The first-order valence-electron chi connectivity index (χ1n) is 6.22. The SMILES string of the molecule is Cn1cc(C(=O)N2CCCCCC2CN)cn1. The van der Waals surface area contributed by atoms with Gasteiger partial charge < -0.3 is 10.6 Å².